The highest BCUT2D eigenvalue weighted by Gasteiger charge is 2.19. The van der Waals surface area contributed by atoms with Crippen LogP contribution >= 0.6 is 0 Å². The topological polar surface area (TPSA) is 55.3 Å². The zero-order valence-corrected chi connectivity index (χ0v) is 25.5. The molecule has 4 aromatic rings. The number of nitrogens with zero attached hydrogens (tertiary/aromatic N) is 1. The molecule has 0 saturated heterocycles. The Balaban J connectivity index is 1.63. The fraction of sp³-hybridized carbons (Fsp3) is 0.0732. The maximum Gasteiger partial charge on any atom is 0.0612 e. The molecule has 0 bridgehead atoms. The third-order valence-electron chi connectivity index (χ3n) is 8.05. The van der Waals surface area contributed by atoms with Gasteiger partial charge in [0.1, 0.15) is 0 Å². The summed E-state index contributed by atoms with van der Waals surface area (Å²) in [5.74, 6) is 0. The number of para-hydroxylation sites is 1. The molecular formula is C41H39N3. The highest BCUT2D eigenvalue weighted by molar-refractivity contribution is 6.05. The van der Waals surface area contributed by atoms with Crippen molar-refractivity contribution in [2.75, 3.05) is 4.90 Å². The van der Waals surface area contributed by atoms with E-state index in [1.54, 1.807) is 12.3 Å². The maximum absolute atomic E-state index is 5.88. The van der Waals surface area contributed by atoms with Gasteiger partial charge in [0.15, 0.2) is 0 Å². The standard InChI is InChI=1S/C41H39N3/c1-5-29(3)33-13-11-14-34(24-33)35-20-23-40-36(25-35)21-22-39-30(4)18-19-31(12-10-15-37(27-43)32(6-2)26-42)28-44(41(39)40)38-16-8-7-9-17-38/h5-11,13-28H,2,4,12,42-43H2,1,3H3/b15-10-,19-18-,29-5+,31-28-,32-26+,37-27+. The van der Waals surface area contributed by atoms with Crippen molar-refractivity contribution in [3.8, 4) is 11.1 Å². The van der Waals surface area contributed by atoms with Crippen molar-refractivity contribution in [2.24, 2.45) is 11.5 Å². The first-order valence-electron chi connectivity index (χ1n) is 14.8. The molecule has 1 aliphatic rings. The Hall–Kier alpha value is -5.54. The van der Waals surface area contributed by atoms with Gasteiger partial charge in [-0.05, 0) is 94.5 Å². The summed E-state index contributed by atoms with van der Waals surface area (Å²) >= 11 is 0. The molecule has 0 amide bonds. The van der Waals surface area contributed by atoms with Gasteiger partial charge in [0.05, 0.1) is 5.69 Å². The predicted molar refractivity (Wildman–Crippen MR) is 192 cm³/mol. The third kappa shape index (κ3) is 6.28. The van der Waals surface area contributed by atoms with Gasteiger partial charge in [-0.3, -0.25) is 0 Å². The molecule has 3 nitrogen and oxygen atoms in total. The van der Waals surface area contributed by atoms with E-state index in [0.29, 0.717) is 6.42 Å². The Labute approximate surface area is 261 Å². The minimum Gasteiger partial charge on any atom is -0.404 e. The molecule has 4 N–H and O–H groups in total. The van der Waals surface area contributed by atoms with Gasteiger partial charge < -0.3 is 16.4 Å². The lowest BCUT2D eigenvalue weighted by Crippen LogP contribution is -2.13. The SMILES string of the molecule is C=CC(=C\N)/C(/C=C\CC1=C/N(c2ccccc2)c2c(ccc3cc(-c4cccc(/C(C)=C/C)c4)ccc23)C(=C)/C=C\1)=C/N. The van der Waals surface area contributed by atoms with Gasteiger partial charge in [-0.1, -0.05) is 110 Å². The van der Waals surface area contributed by atoms with Gasteiger partial charge in [0.2, 0.25) is 0 Å². The Morgan fingerprint density at radius 1 is 0.841 bits per heavy atom. The highest BCUT2D eigenvalue weighted by Crippen LogP contribution is 2.42. The monoisotopic (exact) mass is 573 g/mol. The van der Waals surface area contributed by atoms with Crippen molar-refractivity contribution in [1.29, 1.82) is 0 Å². The fourth-order valence-corrected chi connectivity index (χ4v) is 5.46. The highest BCUT2D eigenvalue weighted by atomic mass is 15.1. The van der Waals surface area contributed by atoms with Crippen LogP contribution in [0.25, 0.3) is 33.0 Å². The molecule has 0 aromatic heterocycles. The van der Waals surface area contributed by atoms with Crippen LogP contribution < -0.4 is 16.4 Å². The van der Waals surface area contributed by atoms with Crippen LogP contribution in [0.3, 0.4) is 0 Å². The minimum atomic E-state index is 0.686. The van der Waals surface area contributed by atoms with Crippen LogP contribution in [0.1, 0.15) is 31.4 Å². The number of hydrogen-bond acceptors (Lipinski definition) is 3. The van der Waals surface area contributed by atoms with Gasteiger partial charge in [-0.15, -0.1) is 0 Å². The van der Waals surface area contributed by atoms with Crippen LogP contribution in [0, 0.1) is 0 Å². The first kappa shape index (κ1) is 29.9. The van der Waals surface area contributed by atoms with E-state index in [4.69, 9.17) is 11.5 Å². The first-order chi connectivity index (χ1) is 21.5. The summed E-state index contributed by atoms with van der Waals surface area (Å²) in [6.45, 7) is 12.5. The molecule has 4 aromatic carbocycles. The molecule has 218 valence electrons. The average molecular weight is 574 g/mol. The summed E-state index contributed by atoms with van der Waals surface area (Å²) in [7, 11) is 0. The lowest BCUT2D eigenvalue weighted by molar-refractivity contribution is 1.19. The minimum absolute atomic E-state index is 0.686. The lowest BCUT2D eigenvalue weighted by atomic mass is 9.93. The Morgan fingerprint density at radius 3 is 2.34 bits per heavy atom. The molecular weight excluding hydrogens is 534 g/mol. The van der Waals surface area contributed by atoms with Gasteiger partial charge in [-0.25, -0.2) is 0 Å². The normalized spacial score (nSPS) is 16.3. The van der Waals surface area contributed by atoms with E-state index in [-0.39, 0.29) is 0 Å². The molecule has 0 unspecified atom stereocenters. The van der Waals surface area contributed by atoms with Gasteiger partial charge >= 0.3 is 0 Å². The van der Waals surface area contributed by atoms with E-state index in [0.717, 1.165) is 44.6 Å². The third-order valence-corrected chi connectivity index (χ3v) is 8.05. The smallest absolute Gasteiger partial charge is 0.0612 e. The second-order valence-electron chi connectivity index (χ2n) is 10.8. The number of allylic oxidation sites excluding steroid dienone is 11. The number of benzene rings is 4. The summed E-state index contributed by atoms with van der Waals surface area (Å²) in [4.78, 5) is 2.29. The van der Waals surface area contributed by atoms with Crippen LogP contribution in [-0.2, 0) is 0 Å². The van der Waals surface area contributed by atoms with Gasteiger partial charge in [-0.2, -0.15) is 0 Å². The molecule has 5 rings (SSSR count). The van der Waals surface area contributed by atoms with E-state index in [1.807, 2.05) is 12.1 Å². The number of rotatable bonds is 8. The van der Waals surface area contributed by atoms with Gasteiger partial charge in [0, 0.05) is 35.2 Å². The zero-order valence-electron chi connectivity index (χ0n) is 25.5. The average Bonchev–Trinajstić information content (AvgIpc) is 3.07. The molecule has 0 radical (unpaired) electrons. The fourth-order valence-electron chi connectivity index (χ4n) is 5.46. The molecule has 1 heterocycles. The Bertz CT molecular complexity index is 1900. The molecule has 44 heavy (non-hydrogen) atoms. The summed E-state index contributed by atoms with van der Waals surface area (Å²) in [5.41, 5.74) is 23.5. The molecule has 3 heteroatoms. The van der Waals surface area contributed by atoms with Crippen molar-refractivity contribution in [1.82, 2.24) is 0 Å². The lowest BCUT2D eigenvalue weighted by Gasteiger charge is -2.28. The van der Waals surface area contributed by atoms with Crippen molar-refractivity contribution in [2.45, 2.75) is 20.3 Å². The predicted octanol–water partition coefficient (Wildman–Crippen LogP) is 10.4. The van der Waals surface area contributed by atoms with Crippen LogP contribution in [0.4, 0.5) is 11.4 Å². The molecule has 1 aliphatic heterocycles. The number of anilines is 2. The second kappa shape index (κ2) is 13.6. The van der Waals surface area contributed by atoms with E-state index in [2.05, 4.69) is 141 Å². The maximum atomic E-state index is 5.88. The summed E-state index contributed by atoms with van der Waals surface area (Å²) < 4.78 is 0. The summed E-state index contributed by atoms with van der Waals surface area (Å²) in [6, 6.07) is 30.4. The number of fused-ring (bicyclic) bond motifs is 3. The largest absolute Gasteiger partial charge is 0.404 e. The van der Waals surface area contributed by atoms with Crippen molar-refractivity contribution in [3.63, 3.8) is 0 Å². The second-order valence-corrected chi connectivity index (χ2v) is 10.8. The summed E-state index contributed by atoms with van der Waals surface area (Å²) in [5, 5.41) is 2.33. The molecule has 0 atom stereocenters. The van der Waals surface area contributed by atoms with Crippen molar-refractivity contribution < 1.29 is 0 Å². The van der Waals surface area contributed by atoms with E-state index in [1.165, 1.54) is 33.8 Å². The van der Waals surface area contributed by atoms with E-state index in [9.17, 15) is 0 Å². The van der Waals surface area contributed by atoms with E-state index < -0.39 is 0 Å². The zero-order chi connectivity index (χ0) is 31.1. The van der Waals surface area contributed by atoms with E-state index >= 15 is 0 Å². The van der Waals surface area contributed by atoms with Crippen LogP contribution in [0.2, 0.25) is 0 Å². The van der Waals surface area contributed by atoms with Crippen LogP contribution in [0.15, 0.2) is 170 Å². The molecule has 0 aliphatic carbocycles. The van der Waals surface area contributed by atoms with Crippen LogP contribution in [-0.4, -0.2) is 0 Å². The first-order valence-corrected chi connectivity index (χ1v) is 14.8. The Morgan fingerprint density at radius 2 is 1.61 bits per heavy atom. The van der Waals surface area contributed by atoms with Crippen molar-refractivity contribution >= 4 is 33.3 Å². The molecule has 0 fully saturated rings. The quantitative estimate of drug-likeness (QED) is 0.206. The number of nitrogens with two attached hydrogens (primary N) is 2. The summed E-state index contributed by atoms with van der Waals surface area (Å²) in [6.07, 6.45) is 18.1. The number of hydrogen-bond donors (Lipinski definition) is 2. The van der Waals surface area contributed by atoms with Crippen LogP contribution in [0.5, 0.6) is 0 Å². The Kier molecular flexibility index (Phi) is 9.27. The van der Waals surface area contributed by atoms with Crippen molar-refractivity contribution in [3.05, 3.63) is 181 Å². The molecule has 0 spiro atoms. The molecule has 0 saturated carbocycles. The van der Waals surface area contributed by atoms with Gasteiger partial charge in [0.25, 0.3) is 0 Å².